The number of likely N-dealkylation sites (tertiary alicyclic amines) is 1. The summed E-state index contributed by atoms with van der Waals surface area (Å²) in [5.74, 6) is -0.401. The second-order valence-corrected chi connectivity index (χ2v) is 6.53. The third-order valence-electron chi connectivity index (χ3n) is 3.14. The topological polar surface area (TPSA) is 104 Å². The van der Waals surface area contributed by atoms with E-state index in [1.165, 1.54) is 24.2 Å². The second kappa shape index (κ2) is 8.42. The third-order valence-corrected chi connectivity index (χ3v) is 3.14. The number of amides is 2. The van der Waals surface area contributed by atoms with Crippen LogP contribution >= 0.6 is 0 Å². The highest BCUT2D eigenvalue weighted by Gasteiger charge is 2.26. The van der Waals surface area contributed by atoms with Crippen LogP contribution in [0.4, 0.5) is 0 Å². The van der Waals surface area contributed by atoms with Crippen molar-refractivity contribution in [2.75, 3.05) is 45.6 Å². The SMILES string of the molecule is CS(=O)(=O)O.O=C1COCC(=O)N1CCN1CCCCC1. The molecule has 0 aliphatic carbocycles. The first-order chi connectivity index (χ1) is 9.77. The summed E-state index contributed by atoms with van der Waals surface area (Å²) in [7, 11) is -3.67. The van der Waals surface area contributed by atoms with Crippen LogP contribution in [0.2, 0.25) is 0 Å². The quantitative estimate of drug-likeness (QED) is 0.544. The summed E-state index contributed by atoms with van der Waals surface area (Å²) >= 11 is 0. The Labute approximate surface area is 124 Å². The van der Waals surface area contributed by atoms with Crippen LogP contribution in [0.5, 0.6) is 0 Å². The highest BCUT2D eigenvalue weighted by Crippen LogP contribution is 2.09. The molecular formula is C12H22N2O6S. The van der Waals surface area contributed by atoms with Crippen molar-refractivity contribution in [1.82, 2.24) is 9.80 Å². The van der Waals surface area contributed by atoms with Gasteiger partial charge in [0.2, 0.25) is 0 Å². The number of nitrogens with zero attached hydrogens (tertiary/aromatic N) is 2. The average molecular weight is 322 g/mol. The van der Waals surface area contributed by atoms with E-state index in [-0.39, 0.29) is 25.0 Å². The molecule has 2 aliphatic rings. The van der Waals surface area contributed by atoms with Crippen molar-refractivity contribution in [2.24, 2.45) is 0 Å². The summed E-state index contributed by atoms with van der Waals surface area (Å²) in [5.41, 5.74) is 0. The predicted octanol–water partition coefficient (Wildman–Crippen LogP) is -0.638. The number of hydrogen-bond donors (Lipinski definition) is 1. The van der Waals surface area contributed by atoms with Gasteiger partial charge in [-0.05, 0) is 25.9 Å². The predicted molar refractivity (Wildman–Crippen MR) is 75.3 cm³/mol. The van der Waals surface area contributed by atoms with Gasteiger partial charge in [0, 0.05) is 13.1 Å². The molecule has 21 heavy (non-hydrogen) atoms. The Balaban J connectivity index is 0.000000383. The molecule has 9 heteroatoms. The molecule has 2 heterocycles. The molecule has 2 amide bonds. The van der Waals surface area contributed by atoms with Crippen LogP contribution in [0.25, 0.3) is 0 Å². The number of ether oxygens (including phenoxy) is 1. The molecule has 2 saturated heterocycles. The zero-order valence-electron chi connectivity index (χ0n) is 12.2. The maximum absolute atomic E-state index is 11.4. The molecule has 0 atom stereocenters. The largest absolute Gasteiger partial charge is 0.362 e. The lowest BCUT2D eigenvalue weighted by Crippen LogP contribution is -2.49. The van der Waals surface area contributed by atoms with Crippen molar-refractivity contribution >= 4 is 21.9 Å². The molecule has 2 rings (SSSR count). The average Bonchev–Trinajstić information content (AvgIpc) is 2.37. The maximum atomic E-state index is 11.4. The first-order valence-corrected chi connectivity index (χ1v) is 8.68. The van der Waals surface area contributed by atoms with Gasteiger partial charge >= 0.3 is 0 Å². The zero-order valence-corrected chi connectivity index (χ0v) is 13.0. The molecule has 8 nitrogen and oxygen atoms in total. The molecule has 0 aromatic rings. The van der Waals surface area contributed by atoms with Crippen molar-refractivity contribution in [3.05, 3.63) is 0 Å². The van der Waals surface area contributed by atoms with E-state index in [1.807, 2.05) is 0 Å². The van der Waals surface area contributed by atoms with E-state index in [1.54, 1.807) is 0 Å². The van der Waals surface area contributed by atoms with Crippen LogP contribution in [0.15, 0.2) is 0 Å². The molecule has 0 unspecified atom stereocenters. The van der Waals surface area contributed by atoms with Crippen molar-refractivity contribution < 1.29 is 27.3 Å². The van der Waals surface area contributed by atoms with Gasteiger partial charge in [0.25, 0.3) is 21.9 Å². The summed E-state index contributed by atoms with van der Waals surface area (Å²) in [5, 5.41) is 0. The lowest BCUT2D eigenvalue weighted by Gasteiger charge is -2.30. The van der Waals surface area contributed by atoms with E-state index in [4.69, 9.17) is 9.29 Å². The summed E-state index contributed by atoms with van der Waals surface area (Å²) in [6.07, 6.45) is 4.47. The van der Waals surface area contributed by atoms with Crippen molar-refractivity contribution in [1.29, 1.82) is 0 Å². The van der Waals surface area contributed by atoms with Gasteiger partial charge in [0.15, 0.2) is 0 Å². The standard InChI is InChI=1S/C11H18N2O3.CH4O3S/c14-10-8-16-9-11(15)13(10)7-6-12-4-2-1-3-5-12;1-5(2,3)4/h1-9H2;1H3,(H,2,3,4). The number of hydrogen-bond acceptors (Lipinski definition) is 6. The van der Waals surface area contributed by atoms with Gasteiger partial charge in [-0.1, -0.05) is 6.42 Å². The van der Waals surface area contributed by atoms with E-state index in [2.05, 4.69) is 4.90 Å². The lowest BCUT2D eigenvalue weighted by atomic mass is 10.1. The molecular weight excluding hydrogens is 300 g/mol. The van der Waals surface area contributed by atoms with Crippen molar-refractivity contribution in [3.8, 4) is 0 Å². The van der Waals surface area contributed by atoms with Gasteiger partial charge in [-0.3, -0.25) is 19.0 Å². The first kappa shape index (κ1) is 18.0. The van der Waals surface area contributed by atoms with Crippen molar-refractivity contribution in [3.63, 3.8) is 0 Å². The Morgan fingerprint density at radius 2 is 1.52 bits per heavy atom. The minimum atomic E-state index is -3.67. The zero-order chi connectivity index (χ0) is 15.9. The van der Waals surface area contributed by atoms with Crippen LogP contribution in [0, 0.1) is 0 Å². The van der Waals surface area contributed by atoms with Crippen LogP contribution in [-0.4, -0.2) is 80.2 Å². The van der Waals surface area contributed by atoms with Crippen LogP contribution in [0.3, 0.4) is 0 Å². The molecule has 0 aromatic heterocycles. The minimum absolute atomic E-state index is 0.0474. The van der Waals surface area contributed by atoms with Gasteiger partial charge in [-0.25, -0.2) is 0 Å². The van der Waals surface area contributed by atoms with Crippen LogP contribution < -0.4 is 0 Å². The van der Waals surface area contributed by atoms with Gasteiger partial charge in [-0.2, -0.15) is 8.42 Å². The number of carbonyl (C=O) groups excluding carboxylic acids is 2. The number of carbonyl (C=O) groups is 2. The molecule has 0 aromatic carbocycles. The fraction of sp³-hybridized carbons (Fsp3) is 0.833. The highest BCUT2D eigenvalue weighted by molar-refractivity contribution is 7.85. The normalized spacial score (nSPS) is 21.0. The Hall–Kier alpha value is -1.03. The Bertz CT molecular complexity index is 434. The van der Waals surface area contributed by atoms with E-state index < -0.39 is 10.1 Å². The molecule has 2 fully saturated rings. The summed E-state index contributed by atoms with van der Waals surface area (Å²) in [4.78, 5) is 26.5. The summed E-state index contributed by atoms with van der Waals surface area (Å²) in [6, 6.07) is 0. The van der Waals surface area contributed by atoms with Gasteiger partial charge in [0.1, 0.15) is 13.2 Å². The first-order valence-electron chi connectivity index (χ1n) is 6.83. The molecule has 1 N–H and O–H groups in total. The third kappa shape index (κ3) is 8.10. The van der Waals surface area contributed by atoms with E-state index in [0.717, 1.165) is 19.6 Å². The highest BCUT2D eigenvalue weighted by atomic mass is 32.2. The van der Waals surface area contributed by atoms with Crippen LogP contribution in [-0.2, 0) is 24.4 Å². The molecule has 0 saturated carbocycles. The smallest absolute Gasteiger partial charge is 0.261 e. The monoisotopic (exact) mass is 322 g/mol. The van der Waals surface area contributed by atoms with E-state index in [0.29, 0.717) is 12.8 Å². The number of piperidine rings is 1. The molecule has 122 valence electrons. The number of morpholine rings is 1. The molecule has 0 radical (unpaired) electrons. The Kier molecular flexibility index (Phi) is 7.23. The number of rotatable bonds is 3. The van der Waals surface area contributed by atoms with Crippen LogP contribution in [0.1, 0.15) is 19.3 Å². The Morgan fingerprint density at radius 1 is 1.05 bits per heavy atom. The van der Waals surface area contributed by atoms with Gasteiger partial charge in [-0.15, -0.1) is 0 Å². The molecule has 0 bridgehead atoms. The fourth-order valence-corrected chi connectivity index (χ4v) is 2.19. The van der Waals surface area contributed by atoms with Gasteiger partial charge < -0.3 is 9.64 Å². The second-order valence-electron chi connectivity index (χ2n) is 5.07. The van der Waals surface area contributed by atoms with Crippen molar-refractivity contribution in [2.45, 2.75) is 19.3 Å². The summed E-state index contributed by atoms with van der Waals surface area (Å²) < 4.78 is 30.7. The van der Waals surface area contributed by atoms with Gasteiger partial charge in [0.05, 0.1) is 6.26 Å². The maximum Gasteiger partial charge on any atom is 0.261 e. The van der Waals surface area contributed by atoms with E-state index >= 15 is 0 Å². The fourth-order valence-electron chi connectivity index (χ4n) is 2.19. The summed E-state index contributed by atoms with van der Waals surface area (Å²) in [6.45, 7) is 3.59. The molecule has 0 spiro atoms. The lowest BCUT2D eigenvalue weighted by molar-refractivity contribution is -0.158. The number of imide groups is 1. The van der Waals surface area contributed by atoms with E-state index in [9.17, 15) is 18.0 Å². The molecule has 2 aliphatic heterocycles. The minimum Gasteiger partial charge on any atom is -0.362 e. The Morgan fingerprint density at radius 3 is 2.00 bits per heavy atom.